The third kappa shape index (κ3) is 6.01. The van der Waals surface area contributed by atoms with E-state index in [1.165, 1.54) is 7.11 Å². The number of nitrogens with zero attached hydrogens (tertiary/aromatic N) is 1. The average molecular weight is 482 g/mol. The number of hydrogen-bond donors (Lipinski definition) is 0. The number of carbonyl (C=O) groups excluding carboxylic acids is 3. The van der Waals surface area contributed by atoms with Crippen LogP contribution in [0.5, 0.6) is 0 Å². The van der Waals surface area contributed by atoms with Crippen molar-refractivity contribution >= 4 is 31.4 Å². The van der Waals surface area contributed by atoms with Crippen molar-refractivity contribution in [1.29, 1.82) is 0 Å². The second-order valence-corrected chi connectivity index (χ2v) is 16.3. The van der Waals surface area contributed by atoms with Gasteiger partial charge in [0.2, 0.25) is 0 Å². The van der Waals surface area contributed by atoms with E-state index in [4.69, 9.17) is 9.47 Å². The molecule has 7 heteroatoms. The van der Waals surface area contributed by atoms with Gasteiger partial charge in [-0.1, -0.05) is 39.6 Å². The van der Waals surface area contributed by atoms with E-state index in [-0.39, 0.29) is 23.8 Å². The molecule has 0 N–H and O–H groups in total. The topological polar surface area (TPSA) is 72.9 Å². The number of rotatable bonds is 8. The summed E-state index contributed by atoms with van der Waals surface area (Å²) >= 11 is 0. The summed E-state index contributed by atoms with van der Waals surface area (Å²) < 4.78 is 10.7. The van der Waals surface area contributed by atoms with Gasteiger partial charge in [0.15, 0.2) is 5.78 Å². The number of ketones is 1. The third-order valence-corrected chi connectivity index (χ3v) is 8.04. The van der Waals surface area contributed by atoms with Gasteiger partial charge < -0.3 is 9.47 Å². The van der Waals surface area contributed by atoms with Crippen LogP contribution in [0.2, 0.25) is 25.7 Å². The van der Waals surface area contributed by atoms with Crippen molar-refractivity contribution < 1.29 is 23.9 Å². The minimum atomic E-state index is -1.28. The number of methoxy groups -OCH3 is 1. The van der Waals surface area contributed by atoms with Crippen molar-refractivity contribution in [2.45, 2.75) is 57.8 Å². The summed E-state index contributed by atoms with van der Waals surface area (Å²) in [4.78, 5) is 39.6. The van der Waals surface area contributed by atoms with Gasteiger partial charge in [-0.2, -0.15) is 0 Å². The molecular weight excluding hydrogens is 446 g/mol. The van der Waals surface area contributed by atoms with Crippen molar-refractivity contribution in [2.24, 2.45) is 0 Å². The first-order chi connectivity index (χ1) is 15.9. The number of anilines is 1. The Morgan fingerprint density at radius 3 is 2.29 bits per heavy atom. The maximum absolute atomic E-state index is 13.5. The van der Waals surface area contributed by atoms with Crippen molar-refractivity contribution in [1.82, 2.24) is 0 Å². The first-order valence-electron chi connectivity index (χ1n) is 11.7. The number of Topliss-reactive ketones (excluding diaryl/α,β-unsaturated/α-hetero) is 1. The predicted octanol–water partition coefficient (Wildman–Crippen LogP) is 5.69. The third-order valence-electron chi connectivity index (χ3n) is 6.34. The molecule has 0 saturated heterocycles. The summed E-state index contributed by atoms with van der Waals surface area (Å²) in [6.45, 7) is 11.8. The summed E-state index contributed by atoms with van der Waals surface area (Å²) in [7, 11) is 0.0370. The molecule has 0 spiro atoms. The van der Waals surface area contributed by atoms with Gasteiger partial charge in [-0.25, -0.2) is 4.79 Å². The van der Waals surface area contributed by atoms with Crippen LogP contribution in [0.4, 0.5) is 5.69 Å². The standard InChI is InChI=1S/C27H35NO5Si/c1-27(2)14-13-24(29)22-17-21(11-12-23(22)27)28(18-33-15-16-34(4,5)6)25(30)19-7-9-20(10-8-19)26(31)32-3/h7-12,17H,13-16,18H2,1-6H3. The Balaban J connectivity index is 1.92. The van der Waals surface area contributed by atoms with Crippen molar-refractivity contribution in [3.05, 3.63) is 64.7 Å². The normalized spacial score (nSPS) is 14.9. The van der Waals surface area contributed by atoms with E-state index in [0.717, 1.165) is 18.0 Å². The van der Waals surface area contributed by atoms with Crippen LogP contribution >= 0.6 is 0 Å². The highest BCUT2D eigenvalue weighted by atomic mass is 28.3. The number of fused-ring (bicyclic) bond motifs is 1. The molecule has 0 aromatic heterocycles. The summed E-state index contributed by atoms with van der Waals surface area (Å²) in [6.07, 6.45) is 1.31. The summed E-state index contributed by atoms with van der Waals surface area (Å²) in [5.41, 5.74) is 3.02. The first-order valence-corrected chi connectivity index (χ1v) is 15.4. The Hall–Kier alpha value is -2.77. The molecule has 1 amide bonds. The van der Waals surface area contributed by atoms with Crippen LogP contribution in [-0.4, -0.2) is 46.2 Å². The van der Waals surface area contributed by atoms with E-state index in [9.17, 15) is 14.4 Å². The van der Waals surface area contributed by atoms with Gasteiger partial charge in [-0.05, 0) is 59.8 Å². The van der Waals surface area contributed by atoms with Crippen LogP contribution in [-0.2, 0) is 14.9 Å². The van der Waals surface area contributed by atoms with E-state index >= 15 is 0 Å². The molecule has 0 unspecified atom stereocenters. The molecular formula is C27H35NO5Si. The lowest BCUT2D eigenvalue weighted by Crippen LogP contribution is -2.35. The lowest BCUT2D eigenvalue weighted by molar-refractivity contribution is 0.0600. The summed E-state index contributed by atoms with van der Waals surface area (Å²) in [6, 6.07) is 13.0. The van der Waals surface area contributed by atoms with E-state index in [0.29, 0.717) is 35.4 Å². The van der Waals surface area contributed by atoms with Gasteiger partial charge in [0.1, 0.15) is 6.73 Å². The van der Waals surface area contributed by atoms with Crippen LogP contribution in [0.15, 0.2) is 42.5 Å². The maximum Gasteiger partial charge on any atom is 0.337 e. The molecule has 0 fully saturated rings. The zero-order valence-electron chi connectivity index (χ0n) is 21.1. The Bertz CT molecular complexity index is 1070. The minimum Gasteiger partial charge on any atom is -0.465 e. The van der Waals surface area contributed by atoms with Crippen LogP contribution in [0, 0.1) is 0 Å². The fourth-order valence-electron chi connectivity index (χ4n) is 4.02. The molecule has 6 nitrogen and oxygen atoms in total. The van der Waals surface area contributed by atoms with Gasteiger partial charge in [0.05, 0.1) is 12.7 Å². The molecule has 0 atom stereocenters. The van der Waals surface area contributed by atoms with Gasteiger partial charge in [0, 0.05) is 37.9 Å². The molecule has 3 rings (SSSR count). The maximum atomic E-state index is 13.5. The smallest absolute Gasteiger partial charge is 0.337 e. The second kappa shape index (κ2) is 10.2. The molecule has 182 valence electrons. The summed E-state index contributed by atoms with van der Waals surface area (Å²) in [5.74, 6) is -0.612. The molecule has 0 heterocycles. The largest absolute Gasteiger partial charge is 0.465 e. The average Bonchev–Trinajstić information content (AvgIpc) is 2.80. The number of amides is 1. The zero-order valence-corrected chi connectivity index (χ0v) is 22.1. The van der Waals surface area contributed by atoms with Gasteiger partial charge in [-0.15, -0.1) is 0 Å². The molecule has 0 aliphatic heterocycles. The Kier molecular flexibility index (Phi) is 7.78. The fourth-order valence-corrected chi connectivity index (χ4v) is 4.78. The van der Waals surface area contributed by atoms with Gasteiger partial charge in [-0.3, -0.25) is 14.5 Å². The highest BCUT2D eigenvalue weighted by molar-refractivity contribution is 6.76. The molecule has 34 heavy (non-hydrogen) atoms. The van der Waals surface area contributed by atoms with E-state index in [2.05, 4.69) is 33.5 Å². The lowest BCUT2D eigenvalue weighted by Gasteiger charge is -2.33. The van der Waals surface area contributed by atoms with E-state index in [1.54, 1.807) is 29.2 Å². The molecule has 0 radical (unpaired) electrons. The van der Waals surface area contributed by atoms with Crippen LogP contribution in [0.3, 0.4) is 0 Å². The number of carbonyl (C=O) groups is 3. The van der Waals surface area contributed by atoms with E-state index < -0.39 is 14.0 Å². The number of esters is 1. The van der Waals surface area contributed by atoms with Gasteiger partial charge >= 0.3 is 5.97 Å². The molecule has 0 saturated carbocycles. The second-order valence-electron chi connectivity index (χ2n) is 10.7. The van der Waals surface area contributed by atoms with Crippen LogP contribution in [0.25, 0.3) is 0 Å². The predicted molar refractivity (Wildman–Crippen MR) is 137 cm³/mol. The zero-order chi connectivity index (χ0) is 25.1. The van der Waals surface area contributed by atoms with Gasteiger partial charge in [0.25, 0.3) is 5.91 Å². The van der Waals surface area contributed by atoms with Crippen molar-refractivity contribution in [2.75, 3.05) is 25.3 Å². The Labute approximate surface area is 203 Å². The molecule has 2 aromatic rings. The highest BCUT2D eigenvalue weighted by Crippen LogP contribution is 2.38. The molecule has 1 aliphatic rings. The molecule has 1 aliphatic carbocycles. The monoisotopic (exact) mass is 481 g/mol. The number of hydrogen-bond acceptors (Lipinski definition) is 5. The summed E-state index contributed by atoms with van der Waals surface area (Å²) in [5, 5.41) is 0. The van der Waals surface area contributed by atoms with Crippen LogP contribution in [0.1, 0.15) is 63.3 Å². The first kappa shape index (κ1) is 25.8. The Morgan fingerprint density at radius 2 is 1.68 bits per heavy atom. The molecule has 0 bridgehead atoms. The molecule has 2 aromatic carbocycles. The quantitative estimate of drug-likeness (QED) is 0.210. The Morgan fingerprint density at radius 1 is 1.03 bits per heavy atom. The van der Waals surface area contributed by atoms with Crippen molar-refractivity contribution in [3.8, 4) is 0 Å². The minimum absolute atomic E-state index is 0.0818. The van der Waals surface area contributed by atoms with Crippen molar-refractivity contribution in [3.63, 3.8) is 0 Å². The number of ether oxygens (including phenoxy) is 2. The van der Waals surface area contributed by atoms with Crippen LogP contribution < -0.4 is 4.90 Å². The highest BCUT2D eigenvalue weighted by Gasteiger charge is 2.32. The lowest BCUT2D eigenvalue weighted by atomic mass is 9.72. The van der Waals surface area contributed by atoms with E-state index in [1.807, 2.05) is 18.2 Å². The fraction of sp³-hybridized carbons (Fsp3) is 0.444. The number of benzene rings is 2. The SMILES string of the molecule is COC(=O)c1ccc(C(=O)N(COCC[Si](C)(C)C)c2ccc3c(c2)C(=O)CCC3(C)C)cc1.